The van der Waals surface area contributed by atoms with E-state index in [1.165, 1.54) is 12.8 Å². The van der Waals surface area contributed by atoms with E-state index in [-0.39, 0.29) is 0 Å². The van der Waals surface area contributed by atoms with Crippen molar-refractivity contribution in [3.05, 3.63) is 12.7 Å². The highest BCUT2D eigenvalue weighted by Crippen LogP contribution is 2.09. The van der Waals surface area contributed by atoms with Crippen LogP contribution in [0.4, 0.5) is 0 Å². The Bertz CT molecular complexity index is 130. The van der Waals surface area contributed by atoms with E-state index >= 15 is 0 Å². The fourth-order valence-electron chi connectivity index (χ4n) is 1.65. The van der Waals surface area contributed by atoms with Gasteiger partial charge in [-0.15, -0.1) is 6.58 Å². The van der Waals surface area contributed by atoms with Gasteiger partial charge >= 0.3 is 0 Å². The van der Waals surface area contributed by atoms with Gasteiger partial charge in [-0.25, -0.2) is 0 Å². The molecule has 0 aromatic heterocycles. The third-order valence-electron chi connectivity index (χ3n) is 2.37. The molecule has 0 aromatic carbocycles. The van der Waals surface area contributed by atoms with Gasteiger partial charge in [0.05, 0.1) is 13.2 Å². The van der Waals surface area contributed by atoms with Crippen LogP contribution in [0.3, 0.4) is 0 Å². The molecule has 12 heavy (non-hydrogen) atoms. The van der Waals surface area contributed by atoms with Crippen LogP contribution in [0, 0.1) is 0 Å². The lowest BCUT2D eigenvalue weighted by molar-refractivity contribution is 0.0241. The second-order valence-corrected chi connectivity index (χ2v) is 3.24. The third kappa shape index (κ3) is 2.61. The van der Waals surface area contributed by atoms with Crippen molar-refractivity contribution in [2.75, 3.05) is 26.3 Å². The molecule has 1 rings (SSSR count). The van der Waals surface area contributed by atoms with Crippen LogP contribution in [0.1, 0.15) is 19.8 Å². The second-order valence-electron chi connectivity index (χ2n) is 3.24. The lowest BCUT2D eigenvalue weighted by Crippen LogP contribution is -2.42. The van der Waals surface area contributed by atoms with Crippen LogP contribution >= 0.6 is 0 Å². The molecule has 1 aliphatic rings. The molecule has 1 saturated heterocycles. The molecule has 0 spiro atoms. The van der Waals surface area contributed by atoms with Gasteiger partial charge in [-0.2, -0.15) is 0 Å². The van der Waals surface area contributed by atoms with Crippen LogP contribution in [0.5, 0.6) is 0 Å². The van der Waals surface area contributed by atoms with Crippen LogP contribution in [0.2, 0.25) is 0 Å². The normalized spacial score (nSPS) is 22.1. The molecule has 0 aliphatic carbocycles. The summed E-state index contributed by atoms with van der Waals surface area (Å²) in [7, 11) is 0. The lowest BCUT2D eigenvalue weighted by Gasteiger charge is -2.32. The average Bonchev–Trinajstić information content (AvgIpc) is 2.15. The number of hydrogen-bond donors (Lipinski definition) is 0. The van der Waals surface area contributed by atoms with Gasteiger partial charge in [-0.1, -0.05) is 19.4 Å². The molecule has 1 fully saturated rings. The fraction of sp³-hybridized carbons (Fsp3) is 0.800. The van der Waals surface area contributed by atoms with Crippen LogP contribution in [0.15, 0.2) is 12.7 Å². The Morgan fingerprint density at radius 2 is 2.17 bits per heavy atom. The molecule has 0 bridgehead atoms. The van der Waals surface area contributed by atoms with E-state index in [2.05, 4.69) is 24.5 Å². The molecule has 1 unspecified atom stereocenters. The quantitative estimate of drug-likeness (QED) is 0.594. The molecular weight excluding hydrogens is 150 g/mol. The summed E-state index contributed by atoms with van der Waals surface area (Å²) in [5.74, 6) is 0. The number of rotatable bonds is 4. The van der Waals surface area contributed by atoms with Crippen molar-refractivity contribution in [1.82, 2.24) is 4.90 Å². The van der Waals surface area contributed by atoms with E-state index in [0.717, 1.165) is 26.3 Å². The Kier molecular flexibility index (Phi) is 4.33. The first kappa shape index (κ1) is 9.75. The summed E-state index contributed by atoms with van der Waals surface area (Å²) in [6.07, 6.45) is 4.52. The van der Waals surface area contributed by atoms with Crippen molar-refractivity contribution in [2.45, 2.75) is 25.8 Å². The van der Waals surface area contributed by atoms with Crippen molar-refractivity contribution in [1.29, 1.82) is 0 Å². The second kappa shape index (κ2) is 5.33. The Hall–Kier alpha value is -0.340. The topological polar surface area (TPSA) is 12.5 Å². The largest absolute Gasteiger partial charge is 0.379 e. The zero-order chi connectivity index (χ0) is 8.81. The maximum Gasteiger partial charge on any atom is 0.0594 e. The average molecular weight is 169 g/mol. The van der Waals surface area contributed by atoms with E-state index in [9.17, 15) is 0 Å². The smallest absolute Gasteiger partial charge is 0.0594 e. The maximum atomic E-state index is 5.30. The number of nitrogens with zero attached hydrogens (tertiary/aromatic N) is 1. The Morgan fingerprint density at radius 3 is 2.67 bits per heavy atom. The minimum atomic E-state index is 0.568. The molecule has 0 radical (unpaired) electrons. The third-order valence-corrected chi connectivity index (χ3v) is 2.37. The van der Waals surface area contributed by atoms with Gasteiger partial charge in [0.25, 0.3) is 0 Å². The first-order valence-corrected chi connectivity index (χ1v) is 4.82. The molecule has 0 N–H and O–H groups in total. The highest BCUT2D eigenvalue weighted by atomic mass is 16.5. The summed E-state index contributed by atoms with van der Waals surface area (Å²) in [4.78, 5) is 2.46. The maximum absolute atomic E-state index is 5.30. The summed E-state index contributed by atoms with van der Waals surface area (Å²) in [5.41, 5.74) is 0. The number of ether oxygens (including phenoxy) is 1. The highest BCUT2D eigenvalue weighted by Gasteiger charge is 2.16. The van der Waals surface area contributed by atoms with Gasteiger partial charge < -0.3 is 4.74 Å². The van der Waals surface area contributed by atoms with Gasteiger partial charge in [0, 0.05) is 19.1 Å². The Labute approximate surface area is 75.2 Å². The minimum Gasteiger partial charge on any atom is -0.379 e. The first-order chi connectivity index (χ1) is 5.88. The first-order valence-electron chi connectivity index (χ1n) is 4.82. The van der Waals surface area contributed by atoms with Crippen LogP contribution < -0.4 is 0 Å². The number of morpholine rings is 1. The van der Waals surface area contributed by atoms with E-state index in [0.29, 0.717) is 6.04 Å². The zero-order valence-electron chi connectivity index (χ0n) is 7.96. The molecule has 2 heteroatoms. The lowest BCUT2D eigenvalue weighted by atomic mass is 10.1. The zero-order valence-corrected chi connectivity index (χ0v) is 7.96. The summed E-state index contributed by atoms with van der Waals surface area (Å²) in [5, 5.41) is 0. The number of hydrogen-bond acceptors (Lipinski definition) is 2. The Morgan fingerprint density at radius 1 is 1.50 bits per heavy atom. The molecule has 70 valence electrons. The van der Waals surface area contributed by atoms with E-state index in [4.69, 9.17) is 4.74 Å². The predicted octanol–water partition coefficient (Wildman–Crippen LogP) is 1.67. The molecule has 0 amide bonds. The van der Waals surface area contributed by atoms with Crippen LogP contribution in [-0.2, 0) is 4.74 Å². The molecule has 0 saturated carbocycles. The van der Waals surface area contributed by atoms with Crippen molar-refractivity contribution < 1.29 is 4.74 Å². The van der Waals surface area contributed by atoms with Crippen molar-refractivity contribution in [3.63, 3.8) is 0 Å². The summed E-state index contributed by atoms with van der Waals surface area (Å²) in [6, 6.07) is 0.568. The molecule has 2 nitrogen and oxygen atoms in total. The molecular formula is C10H19NO. The van der Waals surface area contributed by atoms with Crippen molar-refractivity contribution in [2.24, 2.45) is 0 Å². The van der Waals surface area contributed by atoms with Gasteiger partial charge in [0.1, 0.15) is 0 Å². The highest BCUT2D eigenvalue weighted by molar-refractivity contribution is 4.88. The Balaban J connectivity index is 2.34. The summed E-state index contributed by atoms with van der Waals surface area (Å²) >= 11 is 0. The van der Waals surface area contributed by atoms with Crippen LogP contribution in [0.25, 0.3) is 0 Å². The van der Waals surface area contributed by atoms with E-state index in [1.807, 2.05) is 0 Å². The van der Waals surface area contributed by atoms with Gasteiger partial charge in [-0.3, -0.25) is 4.90 Å². The molecule has 0 aromatic rings. The molecule has 1 aliphatic heterocycles. The molecule has 1 heterocycles. The van der Waals surface area contributed by atoms with Gasteiger partial charge in [0.2, 0.25) is 0 Å². The summed E-state index contributed by atoms with van der Waals surface area (Å²) < 4.78 is 5.30. The monoisotopic (exact) mass is 169 g/mol. The fourth-order valence-corrected chi connectivity index (χ4v) is 1.65. The summed E-state index contributed by atoms with van der Waals surface area (Å²) in [6.45, 7) is 9.99. The van der Waals surface area contributed by atoms with Gasteiger partial charge in [0.15, 0.2) is 0 Å². The van der Waals surface area contributed by atoms with Crippen LogP contribution in [-0.4, -0.2) is 37.2 Å². The predicted molar refractivity (Wildman–Crippen MR) is 51.3 cm³/mol. The van der Waals surface area contributed by atoms with E-state index < -0.39 is 0 Å². The SMILES string of the molecule is C=CC(CCC)N1CCOCC1. The minimum absolute atomic E-state index is 0.568. The van der Waals surface area contributed by atoms with Crippen molar-refractivity contribution >= 4 is 0 Å². The van der Waals surface area contributed by atoms with Gasteiger partial charge in [-0.05, 0) is 6.42 Å². The van der Waals surface area contributed by atoms with E-state index in [1.54, 1.807) is 0 Å². The van der Waals surface area contributed by atoms with Crippen molar-refractivity contribution in [3.8, 4) is 0 Å². The standard InChI is InChI=1S/C10H19NO/c1-3-5-10(4-2)11-6-8-12-9-7-11/h4,10H,2-3,5-9H2,1H3. The molecule has 1 atom stereocenters.